The van der Waals surface area contributed by atoms with Gasteiger partial charge in [-0.15, -0.1) is 0 Å². The van der Waals surface area contributed by atoms with Crippen LogP contribution in [0.2, 0.25) is 0 Å². The van der Waals surface area contributed by atoms with Crippen molar-refractivity contribution in [3.05, 3.63) is 16.0 Å². The molecule has 1 aromatic rings. The highest BCUT2D eigenvalue weighted by atomic mass is 127. The van der Waals surface area contributed by atoms with E-state index in [1.54, 1.807) is 0 Å². The zero-order chi connectivity index (χ0) is 9.84. The fourth-order valence-electron chi connectivity index (χ4n) is 1.06. The molecule has 1 unspecified atom stereocenters. The van der Waals surface area contributed by atoms with Crippen LogP contribution < -0.4 is 5.32 Å². The molecule has 1 atom stereocenters. The molecule has 0 aromatic carbocycles. The molecule has 4 heteroatoms. The van der Waals surface area contributed by atoms with E-state index in [9.17, 15) is 0 Å². The van der Waals surface area contributed by atoms with Gasteiger partial charge in [0.15, 0.2) is 0 Å². The zero-order valence-electron chi connectivity index (χ0n) is 8.29. The van der Waals surface area contributed by atoms with Crippen molar-refractivity contribution in [1.29, 1.82) is 0 Å². The van der Waals surface area contributed by atoms with Crippen molar-refractivity contribution >= 4 is 22.6 Å². The van der Waals surface area contributed by atoms with Gasteiger partial charge in [-0.25, -0.2) is 0 Å². The first-order chi connectivity index (χ1) is 6.09. The molecule has 0 saturated carbocycles. The molecule has 0 spiro atoms. The summed E-state index contributed by atoms with van der Waals surface area (Å²) in [6, 6.07) is 0.961. The molecule has 74 valence electrons. The number of nitrogens with one attached hydrogen (secondary N) is 1. The molecule has 0 amide bonds. The highest BCUT2D eigenvalue weighted by molar-refractivity contribution is 14.1. The molecule has 0 saturated heterocycles. The summed E-state index contributed by atoms with van der Waals surface area (Å²) in [6.07, 6.45) is 3.94. The molecule has 0 fully saturated rings. The minimum Gasteiger partial charge on any atom is -0.312 e. The van der Waals surface area contributed by atoms with E-state index in [0.717, 1.165) is 6.54 Å². The van der Waals surface area contributed by atoms with Crippen LogP contribution in [0.4, 0.5) is 0 Å². The van der Waals surface area contributed by atoms with Gasteiger partial charge in [0.1, 0.15) is 0 Å². The molecule has 1 rings (SSSR count). The number of rotatable bonds is 4. The summed E-state index contributed by atoms with van der Waals surface area (Å²) in [5.74, 6) is 0. The van der Waals surface area contributed by atoms with Crippen molar-refractivity contribution in [3.8, 4) is 0 Å². The Labute approximate surface area is 93.0 Å². The fourth-order valence-corrected chi connectivity index (χ4v) is 1.47. The Hall–Kier alpha value is -0.100. The maximum Gasteiger partial charge on any atom is 0.0623 e. The number of hydrogen-bond donors (Lipinski definition) is 1. The number of aromatic nitrogens is 2. The van der Waals surface area contributed by atoms with E-state index in [2.05, 4.69) is 60.0 Å². The highest BCUT2D eigenvalue weighted by Gasteiger charge is 2.05. The quantitative estimate of drug-likeness (QED) is 0.861. The molecule has 1 heterocycles. The summed E-state index contributed by atoms with van der Waals surface area (Å²) in [5, 5.41) is 7.65. The topological polar surface area (TPSA) is 29.9 Å². The van der Waals surface area contributed by atoms with Crippen molar-refractivity contribution in [3.63, 3.8) is 0 Å². The Morgan fingerprint density at radius 3 is 2.69 bits per heavy atom. The number of nitrogens with zero attached hydrogens (tertiary/aromatic N) is 2. The lowest BCUT2D eigenvalue weighted by Crippen LogP contribution is -2.29. The van der Waals surface area contributed by atoms with Gasteiger partial charge < -0.3 is 5.32 Å². The van der Waals surface area contributed by atoms with E-state index in [1.165, 1.54) is 3.57 Å². The van der Waals surface area contributed by atoms with E-state index in [-0.39, 0.29) is 0 Å². The molecule has 3 nitrogen and oxygen atoms in total. The van der Waals surface area contributed by atoms with Crippen molar-refractivity contribution < 1.29 is 0 Å². The van der Waals surface area contributed by atoms with Gasteiger partial charge in [-0.2, -0.15) is 5.10 Å². The number of halogens is 1. The van der Waals surface area contributed by atoms with Crippen molar-refractivity contribution in [1.82, 2.24) is 15.1 Å². The molecule has 1 aromatic heterocycles. The van der Waals surface area contributed by atoms with Gasteiger partial charge in [-0.1, -0.05) is 13.8 Å². The standard InChI is InChI=1S/C9H16IN3/c1-7(2)11-4-8(3)13-6-9(10)5-12-13/h5-8,11H,4H2,1-3H3. The highest BCUT2D eigenvalue weighted by Crippen LogP contribution is 2.07. The van der Waals surface area contributed by atoms with Gasteiger partial charge >= 0.3 is 0 Å². The van der Waals surface area contributed by atoms with Crippen LogP contribution in [-0.2, 0) is 0 Å². The van der Waals surface area contributed by atoms with Crippen molar-refractivity contribution in [2.24, 2.45) is 0 Å². The third-order valence-corrected chi connectivity index (χ3v) is 2.40. The average Bonchev–Trinajstić information content (AvgIpc) is 2.47. The average molecular weight is 293 g/mol. The Bertz CT molecular complexity index is 257. The summed E-state index contributed by atoms with van der Waals surface area (Å²) in [4.78, 5) is 0. The Balaban J connectivity index is 2.44. The smallest absolute Gasteiger partial charge is 0.0623 e. The predicted molar refractivity (Wildman–Crippen MR) is 62.8 cm³/mol. The second kappa shape index (κ2) is 4.95. The van der Waals surface area contributed by atoms with Crippen molar-refractivity contribution in [2.45, 2.75) is 32.9 Å². The lowest BCUT2D eigenvalue weighted by Gasteiger charge is -2.14. The molecular weight excluding hydrogens is 277 g/mol. The van der Waals surface area contributed by atoms with E-state index in [1.807, 2.05) is 10.9 Å². The summed E-state index contributed by atoms with van der Waals surface area (Å²) in [7, 11) is 0. The SMILES string of the molecule is CC(C)NCC(C)n1cc(I)cn1. The lowest BCUT2D eigenvalue weighted by molar-refractivity contribution is 0.433. The Kier molecular flexibility index (Phi) is 4.18. The summed E-state index contributed by atoms with van der Waals surface area (Å²) < 4.78 is 3.19. The molecule has 0 radical (unpaired) electrons. The first-order valence-electron chi connectivity index (χ1n) is 4.52. The molecule has 0 aliphatic carbocycles. The molecule has 0 aliphatic rings. The minimum atomic E-state index is 0.422. The Morgan fingerprint density at radius 2 is 2.23 bits per heavy atom. The fraction of sp³-hybridized carbons (Fsp3) is 0.667. The van der Waals surface area contributed by atoms with Crippen LogP contribution in [0.15, 0.2) is 12.4 Å². The maximum absolute atomic E-state index is 4.26. The van der Waals surface area contributed by atoms with Crippen LogP contribution in [0.5, 0.6) is 0 Å². The molecule has 0 bridgehead atoms. The second-order valence-corrected chi connectivity index (χ2v) is 4.80. The van der Waals surface area contributed by atoms with Crippen LogP contribution >= 0.6 is 22.6 Å². The normalized spacial score (nSPS) is 13.6. The largest absolute Gasteiger partial charge is 0.312 e. The van der Waals surface area contributed by atoms with Crippen LogP contribution in [0.1, 0.15) is 26.8 Å². The van der Waals surface area contributed by atoms with Crippen LogP contribution in [-0.4, -0.2) is 22.4 Å². The zero-order valence-corrected chi connectivity index (χ0v) is 10.4. The van der Waals surface area contributed by atoms with E-state index in [4.69, 9.17) is 0 Å². The molecular formula is C9H16IN3. The first kappa shape index (κ1) is 11.0. The van der Waals surface area contributed by atoms with Gasteiger partial charge in [0.05, 0.1) is 15.8 Å². The Morgan fingerprint density at radius 1 is 1.54 bits per heavy atom. The van der Waals surface area contributed by atoms with Gasteiger partial charge in [0.25, 0.3) is 0 Å². The van der Waals surface area contributed by atoms with Crippen LogP contribution in [0, 0.1) is 3.57 Å². The monoisotopic (exact) mass is 293 g/mol. The minimum absolute atomic E-state index is 0.422. The second-order valence-electron chi connectivity index (χ2n) is 3.55. The third-order valence-electron chi connectivity index (χ3n) is 1.84. The number of hydrogen-bond acceptors (Lipinski definition) is 2. The molecule has 1 N–H and O–H groups in total. The van der Waals surface area contributed by atoms with Crippen LogP contribution in [0.25, 0.3) is 0 Å². The maximum atomic E-state index is 4.26. The summed E-state index contributed by atoms with van der Waals surface area (Å²) in [5.41, 5.74) is 0. The van der Waals surface area contributed by atoms with E-state index < -0.39 is 0 Å². The van der Waals surface area contributed by atoms with Gasteiger partial charge in [0, 0.05) is 18.8 Å². The van der Waals surface area contributed by atoms with Gasteiger partial charge in [-0.05, 0) is 29.5 Å². The molecule has 0 aliphatic heterocycles. The van der Waals surface area contributed by atoms with Gasteiger partial charge in [-0.3, -0.25) is 4.68 Å². The van der Waals surface area contributed by atoms with E-state index in [0.29, 0.717) is 12.1 Å². The van der Waals surface area contributed by atoms with Crippen molar-refractivity contribution in [2.75, 3.05) is 6.54 Å². The third kappa shape index (κ3) is 3.64. The summed E-state index contributed by atoms with van der Waals surface area (Å²) in [6.45, 7) is 7.44. The van der Waals surface area contributed by atoms with Crippen LogP contribution in [0.3, 0.4) is 0 Å². The van der Waals surface area contributed by atoms with Gasteiger partial charge in [0.2, 0.25) is 0 Å². The predicted octanol–water partition coefficient (Wildman–Crippen LogP) is 2.05. The lowest BCUT2D eigenvalue weighted by atomic mass is 10.3. The molecule has 13 heavy (non-hydrogen) atoms. The summed E-state index contributed by atoms with van der Waals surface area (Å²) >= 11 is 2.27. The first-order valence-corrected chi connectivity index (χ1v) is 5.60. The van der Waals surface area contributed by atoms with E-state index >= 15 is 0 Å².